The third-order valence-electron chi connectivity index (χ3n) is 8.92. The summed E-state index contributed by atoms with van der Waals surface area (Å²) in [6.45, 7) is 4.48. The van der Waals surface area contributed by atoms with Gasteiger partial charge < -0.3 is 28.6 Å². The Morgan fingerprint density at radius 2 is 1.06 bits per heavy atom. The van der Waals surface area contributed by atoms with Gasteiger partial charge in [-0.2, -0.15) is 0 Å². The van der Waals surface area contributed by atoms with Crippen LogP contribution >= 0.6 is 0 Å². The van der Waals surface area contributed by atoms with Crippen LogP contribution in [0, 0.1) is 0 Å². The molecule has 0 aromatic heterocycles. The number of ether oxygens (including phenoxy) is 3. The highest BCUT2D eigenvalue weighted by Gasteiger charge is 2.25. The SMILES string of the molecule is CC/C=C/C/C=C/C/C=C/C/C=C/C/C=C/CCCCCCC(=O)OCC(COCCC(C(=O)[O-])[N+](C)(C)C)OC(=O)CCCCCCCCCCC. The lowest BCUT2D eigenvalue weighted by molar-refractivity contribution is -0.889. The number of quaternary nitrogens is 1. The molecule has 8 nitrogen and oxygen atoms in total. The average molecular weight is 744 g/mol. The van der Waals surface area contributed by atoms with Crippen molar-refractivity contribution in [2.45, 2.75) is 167 Å². The second-order valence-corrected chi connectivity index (χ2v) is 14.8. The maximum Gasteiger partial charge on any atom is 0.306 e. The molecule has 2 unspecified atom stereocenters. The summed E-state index contributed by atoms with van der Waals surface area (Å²) in [5.74, 6) is -1.78. The first kappa shape index (κ1) is 50.0. The minimum atomic E-state index is -1.13. The molecular weight excluding hydrogens is 666 g/mol. The lowest BCUT2D eigenvalue weighted by Gasteiger charge is -2.34. The van der Waals surface area contributed by atoms with E-state index in [2.05, 4.69) is 74.6 Å². The number of carboxylic acids is 1. The highest BCUT2D eigenvalue weighted by molar-refractivity contribution is 5.70. The highest BCUT2D eigenvalue weighted by Crippen LogP contribution is 2.13. The van der Waals surface area contributed by atoms with E-state index in [-0.39, 0.29) is 42.7 Å². The fourth-order valence-electron chi connectivity index (χ4n) is 5.68. The Morgan fingerprint density at radius 1 is 0.585 bits per heavy atom. The largest absolute Gasteiger partial charge is 0.544 e. The van der Waals surface area contributed by atoms with Crippen LogP contribution in [0.15, 0.2) is 60.8 Å². The summed E-state index contributed by atoms with van der Waals surface area (Å²) in [4.78, 5) is 36.7. The Labute approximate surface area is 324 Å². The molecule has 0 N–H and O–H groups in total. The van der Waals surface area contributed by atoms with Gasteiger partial charge in [0, 0.05) is 19.3 Å². The highest BCUT2D eigenvalue weighted by atomic mass is 16.6. The number of allylic oxidation sites excluding steroid dienone is 10. The summed E-state index contributed by atoms with van der Waals surface area (Å²) >= 11 is 0. The molecule has 0 aromatic rings. The van der Waals surface area contributed by atoms with Crippen molar-refractivity contribution in [3.05, 3.63) is 60.8 Å². The van der Waals surface area contributed by atoms with E-state index in [1.807, 2.05) is 0 Å². The number of esters is 2. The molecule has 0 rings (SSSR count). The molecule has 2 atom stereocenters. The molecule has 0 saturated carbocycles. The van der Waals surface area contributed by atoms with Crippen molar-refractivity contribution in [3.8, 4) is 0 Å². The Morgan fingerprint density at radius 3 is 1.57 bits per heavy atom. The maximum absolute atomic E-state index is 12.6. The number of nitrogens with zero attached hydrogens (tertiary/aromatic N) is 1. The normalized spacial score (nSPS) is 13.6. The van der Waals surface area contributed by atoms with Gasteiger partial charge >= 0.3 is 11.9 Å². The number of carboxylic acid groups (broad SMARTS) is 1. The Hall–Kier alpha value is -2.97. The number of likely N-dealkylation sites (N-methyl/N-ethyl adjacent to an activating group) is 1. The number of carbonyl (C=O) groups excluding carboxylic acids is 3. The summed E-state index contributed by atoms with van der Waals surface area (Å²) in [6, 6.07) is -0.729. The average Bonchev–Trinajstić information content (AvgIpc) is 3.11. The van der Waals surface area contributed by atoms with Crippen LogP contribution in [0.1, 0.15) is 155 Å². The number of hydrogen-bond donors (Lipinski definition) is 0. The van der Waals surface area contributed by atoms with E-state index in [9.17, 15) is 19.5 Å². The predicted octanol–water partition coefficient (Wildman–Crippen LogP) is 9.69. The number of hydrogen-bond acceptors (Lipinski definition) is 7. The number of unbranched alkanes of at least 4 members (excludes halogenated alkanes) is 12. The molecule has 0 amide bonds. The lowest BCUT2D eigenvalue weighted by atomic mass is 10.1. The van der Waals surface area contributed by atoms with E-state index in [0.717, 1.165) is 83.5 Å². The monoisotopic (exact) mass is 744 g/mol. The zero-order valence-electron chi connectivity index (χ0n) is 34.4. The van der Waals surface area contributed by atoms with Gasteiger partial charge in [0.1, 0.15) is 12.6 Å². The van der Waals surface area contributed by atoms with E-state index >= 15 is 0 Å². The van der Waals surface area contributed by atoms with Crippen molar-refractivity contribution in [2.75, 3.05) is 41.0 Å². The van der Waals surface area contributed by atoms with Crippen LogP contribution in [0.2, 0.25) is 0 Å². The zero-order chi connectivity index (χ0) is 39.3. The lowest BCUT2D eigenvalue weighted by Crippen LogP contribution is -2.55. The first-order valence-electron chi connectivity index (χ1n) is 20.8. The first-order chi connectivity index (χ1) is 25.6. The maximum atomic E-state index is 12.6. The molecule has 0 radical (unpaired) electrons. The van der Waals surface area contributed by atoms with E-state index < -0.39 is 18.1 Å². The number of rotatable bonds is 36. The van der Waals surface area contributed by atoms with Crippen LogP contribution in [-0.2, 0) is 28.6 Å². The van der Waals surface area contributed by atoms with Gasteiger partial charge in [-0.1, -0.05) is 139 Å². The van der Waals surface area contributed by atoms with Crippen LogP contribution in [-0.4, -0.2) is 75.5 Å². The molecule has 0 bridgehead atoms. The molecule has 0 fully saturated rings. The van der Waals surface area contributed by atoms with E-state index in [1.165, 1.54) is 38.5 Å². The molecule has 8 heteroatoms. The standard InChI is InChI=1S/C45H77NO7/c1-6-8-10-12-14-16-17-18-19-20-21-22-23-24-25-26-28-29-31-33-35-43(47)52-40-41(39-51-38-37-42(45(49)50)46(3,4)5)53-44(48)36-34-32-30-27-15-13-11-9-7-2/h8,10,14,16,18-19,21-22,24-25,41-42H,6-7,9,11-13,15,17,20,23,26-40H2,1-5H3/b10-8+,16-14+,19-18+,22-21+,25-24+. The zero-order valence-corrected chi connectivity index (χ0v) is 34.4. The Balaban J connectivity index is 4.35. The second-order valence-electron chi connectivity index (χ2n) is 14.8. The summed E-state index contributed by atoms with van der Waals surface area (Å²) in [5, 5.41) is 11.6. The van der Waals surface area contributed by atoms with E-state index in [0.29, 0.717) is 12.8 Å². The van der Waals surface area contributed by atoms with Gasteiger partial charge in [-0.25, -0.2) is 0 Å². The molecule has 0 saturated heterocycles. The second kappa shape index (κ2) is 36.0. The third-order valence-corrected chi connectivity index (χ3v) is 8.92. The van der Waals surface area contributed by atoms with Gasteiger partial charge in [0.25, 0.3) is 0 Å². The summed E-state index contributed by atoms with van der Waals surface area (Å²) < 4.78 is 17.1. The van der Waals surface area contributed by atoms with E-state index in [1.54, 1.807) is 21.1 Å². The van der Waals surface area contributed by atoms with Gasteiger partial charge in [0.05, 0.1) is 40.3 Å². The van der Waals surface area contributed by atoms with E-state index in [4.69, 9.17) is 14.2 Å². The molecule has 0 aliphatic rings. The van der Waals surface area contributed by atoms with Crippen molar-refractivity contribution in [2.24, 2.45) is 0 Å². The molecule has 0 heterocycles. The quantitative estimate of drug-likeness (QED) is 0.0273. The molecular formula is C45H77NO7. The van der Waals surface area contributed by atoms with Gasteiger partial charge in [-0.05, 0) is 57.8 Å². The predicted molar refractivity (Wildman–Crippen MR) is 217 cm³/mol. The Bertz CT molecular complexity index is 1050. The summed E-state index contributed by atoms with van der Waals surface area (Å²) in [5.41, 5.74) is 0. The minimum Gasteiger partial charge on any atom is -0.544 e. The molecule has 0 aliphatic carbocycles. The van der Waals surface area contributed by atoms with Gasteiger partial charge in [0.15, 0.2) is 6.10 Å². The molecule has 0 aliphatic heterocycles. The van der Waals surface area contributed by atoms with Crippen molar-refractivity contribution < 1.29 is 38.2 Å². The third kappa shape index (κ3) is 34.5. The molecule has 0 spiro atoms. The number of aliphatic carboxylic acids is 1. The van der Waals surface area contributed by atoms with Crippen molar-refractivity contribution in [1.82, 2.24) is 0 Å². The smallest absolute Gasteiger partial charge is 0.306 e. The van der Waals surface area contributed by atoms with Crippen molar-refractivity contribution >= 4 is 17.9 Å². The van der Waals surface area contributed by atoms with Gasteiger partial charge in [-0.15, -0.1) is 0 Å². The molecule has 53 heavy (non-hydrogen) atoms. The van der Waals surface area contributed by atoms with Crippen LogP contribution in [0.3, 0.4) is 0 Å². The van der Waals surface area contributed by atoms with Crippen LogP contribution in [0.5, 0.6) is 0 Å². The van der Waals surface area contributed by atoms with Crippen LogP contribution < -0.4 is 5.11 Å². The van der Waals surface area contributed by atoms with Crippen LogP contribution in [0.4, 0.5) is 0 Å². The fourth-order valence-corrected chi connectivity index (χ4v) is 5.68. The van der Waals surface area contributed by atoms with Crippen LogP contribution in [0.25, 0.3) is 0 Å². The first-order valence-corrected chi connectivity index (χ1v) is 20.8. The van der Waals surface area contributed by atoms with Gasteiger partial charge in [-0.3, -0.25) is 9.59 Å². The van der Waals surface area contributed by atoms with Crippen molar-refractivity contribution in [1.29, 1.82) is 0 Å². The van der Waals surface area contributed by atoms with Gasteiger partial charge in [0.2, 0.25) is 0 Å². The molecule has 304 valence electrons. The topological polar surface area (TPSA) is 102 Å². The van der Waals surface area contributed by atoms with Crippen molar-refractivity contribution in [3.63, 3.8) is 0 Å². The minimum absolute atomic E-state index is 0.0312. The Kier molecular flexibility index (Phi) is 34.0. The summed E-state index contributed by atoms with van der Waals surface area (Å²) in [7, 11) is 5.38. The fraction of sp³-hybridized carbons (Fsp3) is 0.711. The molecule has 0 aromatic carbocycles. The summed E-state index contributed by atoms with van der Waals surface area (Å²) in [6.07, 6.45) is 42.5. The number of carbonyl (C=O) groups is 3.